The third-order valence-corrected chi connectivity index (χ3v) is 8.55. The number of benzene rings is 2. The van der Waals surface area contributed by atoms with Gasteiger partial charge >= 0.3 is 11.9 Å². The van der Waals surface area contributed by atoms with Gasteiger partial charge in [0.2, 0.25) is 5.91 Å². The molecule has 11 heteroatoms. The van der Waals surface area contributed by atoms with E-state index in [4.69, 9.17) is 9.84 Å². The molecule has 2 fully saturated rings. The van der Waals surface area contributed by atoms with Gasteiger partial charge in [-0.05, 0) is 73.4 Å². The first-order valence-corrected chi connectivity index (χ1v) is 14.7. The number of pyridine rings is 1. The highest BCUT2D eigenvalue weighted by molar-refractivity contribution is 5.93. The molecule has 0 bridgehead atoms. The van der Waals surface area contributed by atoms with Crippen LogP contribution >= 0.6 is 0 Å². The molecule has 2 aliphatic heterocycles. The number of ether oxygens (including phenoxy) is 1. The molecule has 0 spiro atoms. The van der Waals surface area contributed by atoms with Crippen LogP contribution < -0.4 is 9.64 Å². The minimum atomic E-state index is -1.13. The van der Waals surface area contributed by atoms with Crippen LogP contribution in [0.3, 0.4) is 0 Å². The van der Waals surface area contributed by atoms with Crippen LogP contribution in [-0.4, -0.2) is 64.1 Å². The van der Waals surface area contributed by atoms with Crippen LogP contribution in [0.4, 0.5) is 14.6 Å². The van der Waals surface area contributed by atoms with Gasteiger partial charge in [0.1, 0.15) is 24.7 Å². The lowest BCUT2D eigenvalue weighted by Crippen LogP contribution is -2.38. The molecule has 232 valence electrons. The van der Waals surface area contributed by atoms with Crippen molar-refractivity contribution in [2.75, 3.05) is 31.1 Å². The number of aryl methyl sites for hydroxylation is 1. The molecule has 0 aliphatic carbocycles. The smallest absolute Gasteiger partial charge is 0.312 e. The Morgan fingerprint density at radius 2 is 1.68 bits per heavy atom. The maximum absolute atomic E-state index is 15.1. The van der Waals surface area contributed by atoms with E-state index in [1.165, 1.54) is 6.07 Å². The van der Waals surface area contributed by atoms with Gasteiger partial charge in [0.15, 0.2) is 11.6 Å². The van der Waals surface area contributed by atoms with Crippen LogP contribution in [-0.2, 0) is 21.0 Å². The minimum absolute atomic E-state index is 0.0478. The number of aliphatic carboxylic acids is 2. The molecular weight excluding hydrogens is 572 g/mol. The van der Waals surface area contributed by atoms with Crippen LogP contribution in [0.5, 0.6) is 5.75 Å². The number of halogens is 2. The molecule has 1 amide bonds. The number of carboxylic acid groups (broad SMARTS) is 2. The molecule has 2 aliphatic rings. The van der Waals surface area contributed by atoms with Gasteiger partial charge in [-0.1, -0.05) is 24.3 Å². The Morgan fingerprint density at radius 1 is 0.955 bits per heavy atom. The highest BCUT2D eigenvalue weighted by Crippen LogP contribution is 2.35. The summed E-state index contributed by atoms with van der Waals surface area (Å²) in [6.45, 7) is 4.03. The summed E-state index contributed by atoms with van der Waals surface area (Å²) in [7, 11) is 0. The zero-order valence-electron chi connectivity index (χ0n) is 24.5. The zero-order chi connectivity index (χ0) is 31.4. The van der Waals surface area contributed by atoms with Crippen molar-refractivity contribution >= 4 is 23.7 Å². The molecule has 9 nitrogen and oxygen atoms in total. The van der Waals surface area contributed by atoms with Gasteiger partial charge in [0.25, 0.3) is 0 Å². The van der Waals surface area contributed by atoms with Crippen molar-refractivity contribution in [2.24, 2.45) is 5.92 Å². The second-order valence-electron chi connectivity index (χ2n) is 11.4. The van der Waals surface area contributed by atoms with Crippen molar-refractivity contribution < 1.29 is 38.1 Å². The molecule has 0 radical (unpaired) electrons. The number of anilines is 1. The Kier molecular flexibility index (Phi) is 9.41. The molecule has 5 rings (SSSR count). The number of likely N-dealkylation sites (tertiary alicyclic amines) is 1. The van der Waals surface area contributed by atoms with Gasteiger partial charge in [-0.3, -0.25) is 14.4 Å². The predicted octanol–water partition coefficient (Wildman–Crippen LogP) is 5.40. The van der Waals surface area contributed by atoms with Gasteiger partial charge in [0, 0.05) is 37.8 Å². The van der Waals surface area contributed by atoms with Gasteiger partial charge in [-0.15, -0.1) is 0 Å². The Morgan fingerprint density at radius 3 is 2.34 bits per heavy atom. The van der Waals surface area contributed by atoms with E-state index in [1.807, 2.05) is 24.0 Å². The summed E-state index contributed by atoms with van der Waals surface area (Å²) in [5.74, 6) is -3.56. The fraction of sp³-hybridized carbons (Fsp3) is 0.394. The molecule has 0 unspecified atom stereocenters. The first-order chi connectivity index (χ1) is 21.1. The molecule has 2 saturated heterocycles. The number of aromatic nitrogens is 1. The average Bonchev–Trinajstić information content (AvgIpc) is 3.00. The maximum atomic E-state index is 15.1. The highest BCUT2D eigenvalue weighted by Gasteiger charge is 2.27. The summed E-state index contributed by atoms with van der Waals surface area (Å²) in [5.41, 5.74) is 3.42. The van der Waals surface area contributed by atoms with Gasteiger partial charge in [-0.25, -0.2) is 13.8 Å². The quantitative estimate of drug-likeness (QED) is 0.311. The third kappa shape index (κ3) is 7.15. The fourth-order valence-corrected chi connectivity index (χ4v) is 5.99. The topological polar surface area (TPSA) is 120 Å². The average molecular weight is 608 g/mol. The number of piperidine rings is 2. The largest absolute Gasteiger partial charge is 0.485 e. The fourth-order valence-electron chi connectivity index (χ4n) is 5.99. The summed E-state index contributed by atoms with van der Waals surface area (Å²) >= 11 is 0. The van der Waals surface area contributed by atoms with E-state index in [9.17, 15) is 23.9 Å². The summed E-state index contributed by atoms with van der Waals surface area (Å²) in [4.78, 5) is 42.5. The molecular formula is C33H35F2N3O6. The van der Waals surface area contributed by atoms with Crippen molar-refractivity contribution in [3.05, 3.63) is 76.9 Å². The van der Waals surface area contributed by atoms with Crippen molar-refractivity contribution in [3.63, 3.8) is 0 Å². The van der Waals surface area contributed by atoms with Crippen LogP contribution in [0.2, 0.25) is 0 Å². The molecule has 3 aromatic rings. The molecule has 0 atom stereocenters. The lowest BCUT2D eigenvalue weighted by Gasteiger charge is -2.32. The standard InChI is InChI=1S/C33H35F2N3O6/c1-20-15-23(21-7-13-38(14-8-21)30(39)18-31(40)41)5-6-24(20)19-44-32-26(16-25(34)17-27(32)35)28-3-2-4-29(36-28)37-11-9-22(10-12-37)33(42)43/h2-6,15-17,21-22H,7-14,18-19H2,1H3,(H,40,41)(H,42,43). The number of amides is 1. The Balaban J connectivity index is 1.28. The first-order valence-electron chi connectivity index (χ1n) is 14.7. The van der Waals surface area contributed by atoms with Gasteiger partial charge in [-0.2, -0.15) is 0 Å². The predicted molar refractivity (Wildman–Crippen MR) is 158 cm³/mol. The number of carbonyl (C=O) groups excluding carboxylic acids is 1. The van der Waals surface area contributed by atoms with Crippen LogP contribution in [0.25, 0.3) is 11.3 Å². The number of hydrogen-bond acceptors (Lipinski definition) is 6. The Hall–Kier alpha value is -4.54. The van der Waals surface area contributed by atoms with E-state index < -0.39 is 35.9 Å². The molecule has 1 aromatic heterocycles. The number of carbonyl (C=O) groups is 3. The summed E-state index contributed by atoms with van der Waals surface area (Å²) < 4.78 is 35.5. The third-order valence-electron chi connectivity index (χ3n) is 8.55. The van der Waals surface area contributed by atoms with E-state index in [1.54, 1.807) is 23.1 Å². The Labute approximate surface area is 254 Å². The zero-order valence-corrected chi connectivity index (χ0v) is 24.5. The molecule has 44 heavy (non-hydrogen) atoms. The normalized spacial score (nSPS) is 16.2. The lowest BCUT2D eigenvalue weighted by molar-refractivity contribution is -0.145. The summed E-state index contributed by atoms with van der Waals surface area (Å²) in [6, 6.07) is 13.2. The van der Waals surface area contributed by atoms with E-state index in [-0.39, 0.29) is 29.7 Å². The molecule has 2 aromatic carbocycles. The number of carboxylic acids is 2. The maximum Gasteiger partial charge on any atom is 0.312 e. The SMILES string of the molecule is Cc1cc(C2CCN(C(=O)CC(=O)O)CC2)ccc1COc1c(F)cc(F)cc1-c1cccc(N2CCC(C(=O)O)CC2)n1. The van der Waals surface area contributed by atoms with Crippen LogP contribution in [0.15, 0.2) is 48.5 Å². The molecule has 3 heterocycles. The minimum Gasteiger partial charge on any atom is -0.485 e. The second-order valence-corrected chi connectivity index (χ2v) is 11.4. The van der Waals surface area contributed by atoms with E-state index in [0.29, 0.717) is 50.5 Å². The summed E-state index contributed by atoms with van der Waals surface area (Å²) in [5, 5.41) is 18.2. The monoisotopic (exact) mass is 607 g/mol. The van der Waals surface area contributed by atoms with E-state index >= 15 is 4.39 Å². The van der Waals surface area contributed by atoms with Crippen molar-refractivity contribution in [1.29, 1.82) is 0 Å². The second kappa shape index (κ2) is 13.4. The van der Waals surface area contributed by atoms with Crippen molar-refractivity contribution in [2.45, 2.75) is 51.6 Å². The molecule has 0 saturated carbocycles. The highest BCUT2D eigenvalue weighted by atomic mass is 19.1. The summed E-state index contributed by atoms with van der Waals surface area (Å²) in [6.07, 6.45) is 1.95. The number of rotatable bonds is 9. The first kappa shape index (κ1) is 30.9. The van der Waals surface area contributed by atoms with Crippen LogP contribution in [0, 0.1) is 24.5 Å². The van der Waals surface area contributed by atoms with Crippen molar-refractivity contribution in [3.8, 4) is 17.0 Å². The number of nitrogens with zero attached hydrogens (tertiary/aromatic N) is 3. The Bertz CT molecular complexity index is 1550. The van der Waals surface area contributed by atoms with E-state index in [2.05, 4.69) is 11.1 Å². The lowest BCUT2D eigenvalue weighted by atomic mass is 9.87. The van der Waals surface area contributed by atoms with Crippen LogP contribution in [0.1, 0.15) is 54.7 Å². The number of hydrogen-bond donors (Lipinski definition) is 2. The van der Waals surface area contributed by atoms with Gasteiger partial charge < -0.3 is 24.7 Å². The molecule has 2 N–H and O–H groups in total. The van der Waals surface area contributed by atoms with E-state index in [0.717, 1.165) is 35.6 Å². The van der Waals surface area contributed by atoms with Gasteiger partial charge in [0.05, 0.1) is 11.6 Å². The van der Waals surface area contributed by atoms with Crippen molar-refractivity contribution in [1.82, 2.24) is 9.88 Å².